The first-order valence-electron chi connectivity index (χ1n) is 10.7. The van der Waals surface area contributed by atoms with Crippen LogP contribution in [0.15, 0.2) is 30.3 Å². The van der Waals surface area contributed by atoms with Gasteiger partial charge in [-0.1, -0.05) is 37.5 Å². The van der Waals surface area contributed by atoms with Crippen molar-refractivity contribution in [3.05, 3.63) is 30.3 Å². The Balaban J connectivity index is 1.35. The Morgan fingerprint density at radius 2 is 1.70 bits per heavy atom. The maximum Gasteiger partial charge on any atom is 0.236 e. The van der Waals surface area contributed by atoms with Crippen molar-refractivity contribution in [2.24, 2.45) is 0 Å². The maximum absolute atomic E-state index is 12.8. The van der Waals surface area contributed by atoms with Crippen LogP contribution in [0.25, 0.3) is 0 Å². The molecule has 0 N–H and O–H groups in total. The lowest BCUT2D eigenvalue weighted by Gasteiger charge is -2.37. The standard InChI is InChI=1S/C22H35N3O2/c1-2-25(20-9-5-3-6-10-20)22(26)19-24-15-13-23(14-16-24)17-18-27-21-11-7-4-8-12-21/h4,7-8,11-12,20H,2-3,5-6,9-10,13-19H2,1H3. The van der Waals surface area contributed by atoms with E-state index >= 15 is 0 Å². The summed E-state index contributed by atoms with van der Waals surface area (Å²) in [6.07, 6.45) is 6.26. The van der Waals surface area contributed by atoms with Crippen molar-refractivity contribution in [1.82, 2.24) is 14.7 Å². The normalized spacial score (nSPS) is 19.7. The van der Waals surface area contributed by atoms with Gasteiger partial charge in [0.05, 0.1) is 6.54 Å². The molecule has 5 nitrogen and oxygen atoms in total. The molecule has 150 valence electrons. The van der Waals surface area contributed by atoms with E-state index in [0.29, 0.717) is 25.1 Å². The maximum atomic E-state index is 12.8. The molecule has 2 fully saturated rings. The Kier molecular flexibility index (Phi) is 7.96. The second-order valence-electron chi connectivity index (χ2n) is 7.75. The lowest BCUT2D eigenvalue weighted by molar-refractivity contribution is -0.135. The summed E-state index contributed by atoms with van der Waals surface area (Å²) in [6.45, 7) is 9.19. The number of para-hydroxylation sites is 1. The molecule has 0 unspecified atom stereocenters. The molecule has 1 aliphatic heterocycles. The molecule has 0 radical (unpaired) electrons. The average Bonchev–Trinajstić information content (AvgIpc) is 2.71. The van der Waals surface area contributed by atoms with Crippen molar-refractivity contribution in [2.45, 2.75) is 45.1 Å². The number of carbonyl (C=O) groups excluding carboxylic acids is 1. The Labute approximate surface area is 164 Å². The van der Waals surface area contributed by atoms with E-state index in [1.165, 1.54) is 32.1 Å². The molecule has 2 aliphatic rings. The van der Waals surface area contributed by atoms with Gasteiger partial charge in [0, 0.05) is 45.3 Å². The summed E-state index contributed by atoms with van der Waals surface area (Å²) in [6, 6.07) is 10.5. The molecule has 1 saturated heterocycles. The second-order valence-corrected chi connectivity index (χ2v) is 7.75. The largest absolute Gasteiger partial charge is 0.492 e. The highest BCUT2D eigenvalue weighted by Gasteiger charge is 2.26. The third kappa shape index (κ3) is 6.22. The van der Waals surface area contributed by atoms with Crippen LogP contribution in [-0.2, 0) is 4.79 Å². The minimum absolute atomic E-state index is 0.324. The number of rotatable bonds is 8. The van der Waals surface area contributed by atoms with Gasteiger partial charge in [0.1, 0.15) is 12.4 Å². The quantitative estimate of drug-likeness (QED) is 0.702. The van der Waals surface area contributed by atoms with Gasteiger partial charge in [0.25, 0.3) is 0 Å². The summed E-state index contributed by atoms with van der Waals surface area (Å²) < 4.78 is 5.80. The second kappa shape index (κ2) is 10.7. The number of nitrogens with zero attached hydrogens (tertiary/aromatic N) is 3. The number of piperazine rings is 1. The molecule has 1 amide bonds. The molecule has 0 atom stereocenters. The number of ether oxygens (including phenoxy) is 1. The fourth-order valence-electron chi connectivity index (χ4n) is 4.29. The van der Waals surface area contributed by atoms with Gasteiger partial charge in [-0.2, -0.15) is 0 Å². The molecule has 1 aliphatic carbocycles. The third-order valence-electron chi connectivity index (χ3n) is 5.92. The zero-order chi connectivity index (χ0) is 18.9. The highest BCUT2D eigenvalue weighted by molar-refractivity contribution is 5.78. The monoisotopic (exact) mass is 373 g/mol. The fraction of sp³-hybridized carbons (Fsp3) is 0.682. The number of benzene rings is 1. The SMILES string of the molecule is CCN(C(=O)CN1CCN(CCOc2ccccc2)CC1)C1CCCCC1. The molecule has 0 bridgehead atoms. The topological polar surface area (TPSA) is 36.0 Å². The zero-order valence-electron chi connectivity index (χ0n) is 16.8. The molecule has 1 aromatic carbocycles. The minimum Gasteiger partial charge on any atom is -0.492 e. The predicted molar refractivity (Wildman–Crippen MR) is 109 cm³/mol. The number of amides is 1. The first-order valence-corrected chi connectivity index (χ1v) is 10.7. The van der Waals surface area contributed by atoms with E-state index in [9.17, 15) is 4.79 Å². The van der Waals surface area contributed by atoms with Gasteiger partial charge in [-0.15, -0.1) is 0 Å². The molecule has 5 heteroatoms. The van der Waals surface area contributed by atoms with Gasteiger partial charge in [0.15, 0.2) is 0 Å². The van der Waals surface area contributed by atoms with Crippen LogP contribution in [0.2, 0.25) is 0 Å². The number of hydrogen-bond acceptors (Lipinski definition) is 4. The highest BCUT2D eigenvalue weighted by atomic mass is 16.5. The van der Waals surface area contributed by atoms with Gasteiger partial charge >= 0.3 is 0 Å². The summed E-state index contributed by atoms with van der Waals surface area (Å²) in [5.41, 5.74) is 0. The summed E-state index contributed by atoms with van der Waals surface area (Å²) in [7, 11) is 0. The van der Waals surface area contributed by atoms with E-state index in [4.69, 9.17) is 4.74 Å². The average molecular weight is 374 g/mol. The summed E-state index contributed by atoms with van der Waals surface area (Å²) >= 11 is 0. The van der Waals surface area contributed by atoms with Crippen LogP contribution in [0.5, 0.6) is 5.75 Å². The molecule has 1 heterocycles. The van der Waals surface area contributed by atoms with Crippen molar-refractivity contribution < 1.29 is 9.53 Å². The lowest BCUT2D eigenvalue weighted by atomic mass is 9.94. The van der Waals surface area contributed by atoms with Crippen molar-refractivity contribution in [2.75, 3.05) is 52.4 Å². The Morgan fingerprint density at radius 3 is 2.37 bits per heavy atom. The molecular formula is C22H35N3O2. The first kappa shape index (κ1) is 20.2. The van der Waals surface area contributed by atoms with Crippen LogP contribution in [0.4, 0.5) is 0 Å². The molecule has 3 rings (SSSR count). The Bertz CT molecular complexity index is 552. The van der Waals surface area contributed by atoms with Crippen LogP contribution >= 0.6 is 0 Å². The van der Waals surface area contributed by atoms with Crippen molar-refractivity contribution in [3.8, 4) is 5.75 Å². The van der Waals surface area contributed by atoms with Crippen molar-refractivity contribution in [1.29, 1.82) is 0 Å². The van der Waals surface area contributed by atoms with E-state index in [-0.39, 0.29) is 0 Å². The smallest absolute Gasteiger partial charge is 0.236 e. The van der Waals surface area contributed by atoms with Gasteiger partial charge in [-0.25, -0.2) is 0 Å². The number of hydrogen-bond donors (Lipinski definition) is 0. The van der Waals surface area contributed by atoms with Gasteiger partial charge in [-0.05, 0) is 31.9 Å². The lowest BCUT2D eigenvalue weighted by Crippen LogP contribution is -2.52. The van der Waals surface area contributed by atoms with Crippen LogP contribution in [-0.4, -0.2) is 79.1 Å². The van der Waals surface area contributed by atoms with Crippen molar-refractivity contribution >= 4 is 5.91 Å². The molecular weight excluding hydrogens is 338 g/mol. The molecule has 0 spiro atoms. The predicted octanol–water partition coefficient (Wildman–Crippen LogP) is 2.86. The van der Waals surface area contributed by atoms with Gasteiger partial charge in [-0.3, -0.25) is 14.6 Å². The fourth-order valence-corrected chi connectivity index (χ4v) is 4.29. The zero-order valence-corrected chi connectivity index (χ0v) is 16.8. The van der Waals surface area contributed by atoms with Crippen LogP contribution < -0.4 is 4.74 Å². The van der Waals surface area contributed by atoms with Crippen molar-refractivity contribution in [3.63, 3.8) is 0 Å². The first-order chi connectivity index (χ1) is 13.3. The summed E-state index contributed by atoms with van der Waals surface area (Å²) in [5.74, 6) is 1.26. The third-order valence-corrected chi connectivity index (χ3v) is 5.92. The van der Waals surface area contributed by atoms with E-state index in [0.717, 1.165) is 45.0 Å². The van der Waals surface area contributed by atoms with E-state index in [1.54, 1.807) is 0 Å². The van der Waals surface area contributed by atoms with E-state index in [2.05, 4.69) is 21.6 Å². The summed E-state index contributed by atoms with van der Waals surface area (Å²) in [5, 5.41) is 0. The summed E-state index contributed by atoms with van der Waals surface area (Å²) in [4.78, 5) is 19.7. The van der Waals surface area contributed by atoms with Gasteiger partial charge < -0.3 is 9.64 Å². The molecule has 1 aromatic rings. The number of carbonyl (C=O) groups is 1. The van der Waals surface area contributed by atoms with E-state index < -0.39 is 0 Å². The Morgan fingerprint density at radius 1 is 1.04 bits per heavy atom. The highest BCUT2D eigenvalue weighted by Crippen LogP contribution is 2.22. The Hall–Kier alpha value is -1.59. The van der Waals surface area contributed by atoms with Crippen LogP contribution in [0.1, 0.15) is 39.0 Å². The molecule has 1 saturated carbocycles. The minimum atomic E-state index is 0.324. The number of likely N-dealkylation sites (N-methyl/N-ethyl adjacent to an activating group) is 1. The van der Waals surface area contributed by atoms with E-state index in [1.807, 2.05) is 30.3 Å². The molecule has 0 aromatic heterocycles. The van der Waals surface area contributed by atoms with Crippen LogP contribution in [0, 0.1) is 0 Å². The van der Waals surface area contributed by atoms with Gasteiger partial charge in [0.2, 0.25) is 5.91 Å². The van der Waals surface area contributed by atoms with Crippen LogP contribution in [0.3, 0.4) is 0 Å². The molecule has 27 heavy (non-hydrogen) atoms.